The van der Waals surface area contributed by atoms with Crippen molar-refractivity contribution in [2.24, 2.45) is 0 Å². The lowest BCUT2D eigenvalue weighted by atomic mass is 9.92. The smallest absolute Gasteiger partial charge is 0.408 e. The number of fused-ring (bicyclic) bond motifs is 1. The molecule has 1 atom stereocenters. The molecule has 4 heterocycles. The van der Waals surface area contributed by atoms with Crippen LogP contribution >= 0.6 is 0 Å². The van der Waals surface area contributed by atoms with Crippen molar-refractivity contribution in [1.82, 2.24) is 29.3 Å². The fourth-order valence-corrected chi connectivity index (χ4v) is 6.39. The lowest BCUT2D eigenvalue weighted by Gasteiger charge is -2.35. The predicted molar refractivity (Wildman–Crippen MR) is 153 cm³/mol. The number of hydrogen-bond donors (Lipinski definition) is 2. The van der Waals surface area contributed by atoms with Crippen LogP contribution in [0.1, 0.15) is 44.4 Å². The number of benzene rings is 1. The Kier molecular flexibility index (Phi) is 8.75. The van der Waals surface area contributed by atoms with Crippen molar-refractivity contribution < 1.29 is 38.1 Å². The quantitative estimate of drug-likeness (QED) is 0.368. The van der Waals surface area contributed by atoms with Gasteiger partial charge >= 0.3 is 6.09 Å². The molecule has 3 aromatic rings. The molecule has 0 unspecified atom stereocenters. The number of likely N-dealkylation sites (tertiary alicyclic amines) is 1. The van der Waals surface area contributed by atoms with E-state index in [-0.39, 0.29) is 42.9 Å². The Morgan fingerprint density at radius 2 is 1.82 bits per heavy atom. The molecule has 13 nitrogen and oxygen atoms in total. The standard InChI is InChI=1S/C29H35F2N7O6/c30-25(31)26-32-20-3-1-2-4-21(20)38(26)23-17-24(34-28(33-23)35-12-15-43-16-13-35)44-19-7-5-18(6-8-19)36-10-9-22(27(36)40)37(11-14-39)29(41)42/h1-4,17-19,22,25,39H,5-16H2,(H,41,42)/t18?,19?,22-/m0/s1. The SMILES string of the molecule is O=C1[C@@H](N(CCO)C(=O)O)CCN1C1CCC(Oc2cc(-n3c(C(F)F)nc4ccccc43)nc(N3CCOCC3)n2)CC1. The van der Waals surface area contributed by atoms with Gasteiger partial charge in [-0.05, 0) is 44.2 Å². The van der Waals surface area contributed by atoms with E-state index in [1.165, 1.54) is 4.57 Å². The summed E-state index contributed by atoms with van der Waals surface area (Å²) in [6.45, 7) is 2.07. The molecule has 2 aromatic heterocycles. The zero-order valence-corrected chi connectivity index (χ0v) is 24.1. The van der Waals surface area contributed by atoms with Crippen molar-refractivity contribution in [2.45, 2.75) is 56.7 Å². The fraction of sp³-hybridized carbons (Fsp3) is 0.552. The third kappa shape index (κ3) is 5.98. The van der Waals surface area contributed by atoms with Crippen LogP contribution in [0, 0.1) is 0 Å². The van der Waals surface area contributed by atoms with Crippen molar-refractivity contribution >= 4 is 29.0 Å². The molecule has 0 bridgehead atoms. The number of alkyl halides is 2. The molecule has 2 N–H and O–H groups in total. The molecule has 3 aliphatic rings. The molecule has 2 saturated heterocycles. The van der Waals surface area contributed by atoms with E-state index in [0.29, 0.717) is 81.9 Å². The molecule has 236 valence electrons. The van der Waals surface area contributed by atoms with Crippen LogP contribution in [0.25, 0.3) is 16.9 Å². The monoisotopic (exact) mass is 615 g/mol. The molecule has 44 heavy (non-hydrogen) atoms. The third-order valence-corrected chi connectivity index (χ3v) is 8.53. The van der Waals surface area contributed by atoms with Gasteiger partial charge in [0.05, 0.1) is 30.9 Å². The number of morpholine rings is 1. The van der Waals surface area contributed by atoms with Gasteiger partial charge in [-0.25, -0.2) is 18.6 Å². The number of aromatic nitrogens is 4. The molecule has 0 radical (unpaired) electrons. The molecule has 15 heteroatoms. The topological polar surface area (TPSA) is 146 Å². The average Bonchev–Trinajstić information content (AvgIpc) is 3.61. The minimum atomic E-state index is -2.83. The number of halogens is 2. The molecule has 2 aliphatic heterocycles. The number of anilines is 1. The molecular weight excluding hydrogens is 580 g/mol. The van der Waals surface area contributed by atoms with E-state index >= 15 is 0 Å². The number of para-hydroxylation sites is 2. The summed E-state index contributed by atoms with van der Waals surface area (Å²) in [4.78, 5) is 42.9. The number of amides is 2. The number of nitrogens with zero attached hydrogens (tertiary/aromatic N) is 7. The van der Waals surface area contributed by atoms with Gasteiger partial charge in [-0.1, -0.05) is 12.1 Å². The first-order valence-electron chi connectivity index (χ1n) is 14.9. The van der Waals surface area contributed by atoms with Crippen LogP contribution < -0.4 is 9.64 Å². The zero-order chi connectivity index (χ0) is 30.8. The largest absolute Gasteiger partial charge is 0.474 e. The van der Waals surface area contributed by atoms with Crippen molar-refractivity contribution in [3.8, 4) is 11.7 Å². The van der Waals surface area contributed by atoms with Crippen molar-refractivity contribution in [1.29, 1.82) is 0 Å². The molecule has 1 aliphatic carbocycles. The maximum atomic E-state index is 14.2. The molecule has 1 saturated carbocycles. The number of hydrogen-bond acceptors (Lipinski definition) is 9. The summed E-state index contributed by atoms with van der Waals surface area (Å²) in [5, 5.41) is 18.7. The second-order valence-electron chi connectivity index (χ2n) is 11.1. The molecule has 6 rings (SSSR count). The number of imidazole rings is 1. The minimum Gasteiger partial charge on any atom is -0.474 e. The minimum absolute atomic E-state index is 0.0482. The zero-order valence-electron chi connectivity index (χ0n) is 24.1. The number of carboxylic acid groups (broad SMARTS) is 1. The van der Waals surface area contributed by atoms with Gasteiger partial charge in [-0.15, -0.1) is 0 Å². The maximum absolute atomic E-state index is 14.2. The lowest BCUT2D eigenvalue weighted by molar-refractivity contribution is -0.134. The van der Waals surface area contributed by atoms with E-state index in [0.717, 1.165) is 4.90 Å². The molecule has 1 aromatic carbocycles. The summed E-state index contributed by atoms with van der Waals surface area (Å²) in [6, 6.07) is 7.62. The highest BCUT2D eigenvalue weighted by molar-refractivity contribution is 5.87. The Morgan fingerprint density at radius 3 is 2.52 bits per heavy atom. The van der Waals surface area contributed by atoms with E-state index in [1.807, 2.05) is 4.90 Å². The molecule has 2 amide bonds. The fourth-order valence-electron chi connectivity index (χ4n) is 6.39. The number of rotatable bonds is 9. The number of aliphatic hydroxyl groups is 1. The Bertz CT molecular complexity index is 1490. The van der Waals surface area contributed by atoms with Crippen LogP contribution in [-0.2, 0) is 9.53 Å². The van der Waals surface area contributed by atoms with Gasteiger partial charge < -0.3 is 29.5 Å². The summed E-state index contributed by atoms with van der Waals surface area (Å²) in [6.07, 6.45) is -1.32. The average molecular weight is 616 g/mol. The molecule has 0 spiro atoms. The van der Waals surface area contributed by atoms with Gasteiger partial charge in [0.25, 0.3) is 6.43 Å². The summed E-state index contributed by atoms with van der Waals surface area (Å²) in [5.41, 5.74) is 0.923. The lowest BCUT2D eigenvalue weighted by Crippen LogP contribution is -2.48. The van der Waals surface area contributed by atoms with E-state index in [9.17, 15) is 28.6 Å². The van der Waals surface area contributed by atoms with Crippen LogP contribution in [0.5, 0.6) is 5.88 Å². The van der Waals surface area contributed by atoms with Crippen LogP contribution in [0.2, 0.25) is 0 Å². The highest BCUT2D eigenvalue weighted by Crippen LogP contribution is 2.33. The van der Waals surface area contributed by atoms with Crippen LogP contribution in [0.4, 0.5) is 19.5 Å². The first-order chi connectivity index (χ1) is 21.3. The maximum Gasteiger partial charge on any atom is 0.408 e. The Morgan fingerprint density at radius 1 is 1.07 bits per heavy atom. The number of ether oxygens (including phenoxy) is 2. The summed E-state index contributed by atoms with van der Waals surface area (Å²) >= 11 is 0. The third-order valence-electron chi connectivity index (χ3n) is 8.53. The Balaban J connectivity index is 1.21. The van der Waals surface area contributed by atoms with Crippen LogP contribution in [0.15, 0.2) is 30.3 Å². The van der Waals surface area contributed by atoms with E-state index in [2.05, 4.69) is 15.0 Å². The van der Waals surface area contributed by atoms with Gasteiger partial charge in [-0.2, -0.15) is 9.97 Å². The van der Waals surface area contributed by atoms with Gasteiger partial charge in [0, 0.05) is 38.3 Å². The number of carbonyl (C=O) groups excluding carboxylic acids is 1. The normalized spacial score (nSPS) is 22.6. The van der Waals surface area contributed by atoms with E-state index in [4.69, 9.17) is 9.47 Å². The predicted octanol–water partition coefficient (Wildman–Crippen LogP) is 2.85. The van der Waals surface area contributed by atoms with E-state index < -0.39 is 24.4 Å². The summed E-state index contributed by atoms with van der Waals surface area (Å²) < 4.78 is 41.5. The van der Waals surface area contributed by atoms with Crippen molar-refractivity contribution in [2.75, 3.05) is 50.9 Å². The van der Waals surface area contributed by atoms with Gasteiger partial charge in [-0.3, -0.25) is 14.3 Å². The highest BCUT2D eigenvalue weighted by Gasteiger charge is 2.42. The van der Waals surface area contributed by atoms with E-state index in [1.54, 1.807) is 35.2 Å². The molecular formula is C29H35F2N7O6. The summed E-state index contributed by atoms with van der Waals surface area (Å²) in [5.74, 6) is 0.193. The second-order valence-corrected chi connectivity index (χ2v) is 11.1. The van der Waals surface area contributed by atoms with Gasteiger partial charge in [0.2, 0.25) is 17.7 Å². The van der Waals surface area contributed by atoms with Crippen molar-refractivity contribution in [3.63, 3.8) is 0 Å². The first-order valence-corrected chi connectivity index (χ1v) is 14.9. The van der Waals surface area contributed by atoms with Crippen LogP contribution in [-0.4, -0.2) is 116 Å². The first kappa shape index (κ1) is 29.9. The second kappa shape index (κ2) is 12.9. The highest BCUT2D eigenvalue weighted by atomic mass is 19.3. The van der Waals surface area contributed by atoms with Gasteiger partial charge in [0.1, 0.15) is 18.0 Å². The van der Waals surface area contributed by atoms with Gasteiger partial charge in [0.15, 0.2) is 5.82 Å². The van der Waals surface area contributed by atoms with Crippen molar-refractivity contribution in [3.05, 3.63) is 36.2 Å². The Hall–Kier alpha value is -4.11. The number of carbonyl (C=O) groups is 2. The molecule has 3 fully saturated rings. The summed E-state index contributed by atoms with van der Waals surface area (Å²) in [7, 11) is 0. The number of aliphatic hydroxyl groups excluding tert-OH is 1. The van der Waals surface area contributed by atoms with Crippen LogP contribution in [0.3, 0.4) is 0 Å². The Labute approximate surface area is 252 Å².